The van der Waals surface area contributed by atoms with Crippen molar-refractivity contribution in [2.45, 2.75) is 18.4 Å². The maximum Gasteiger partial charge on any atom is 0.258 e. The van der Waals surface area contributed by atoms with Crippen LogP contribution in [0.5, 0.6) is 0 Å². The summed E-state index contributed by atoms with van der Waals surface area (Å²) in [6, 6.07) is 12.7. The van der Waals surface area contributed by atoms with E-state index in [2.05, 4.69) is 0 Å². The Bertz CT molecular complexity index is 1600. The molecule has 0 aliphatic carbocycles. The van der Waals surface area contributed by atoms with Gasteiger partial charge in [0.2, 0.25) is 15.9 Å². The summed E-state index contributed by atoms with van der Waals surface area (Å²) in [7, 11) is -3.74. The van der Waals surface area contributed by atoms with Crippen molar-refractivity contribution < 1.29 is 27.5 Å². The predicted molar refractivity (Wildman–Crippen MR) is 151 cm³/mol. The number of rotatable bonds is 6. The number of amides is 2. The van der Waals surface area contributed by atoms with Crippen molar-refractivity contribution in [2.24, 2.45) is 0 Å². The van der Waals surface area contributed by atoms with Crippen molar-refractivity contribution in [3.63, 3.8) is 0 Å². The zero-order chi connectivity index (χ0) is 27.9. The molecule has 0 bridgehead atoms. The predicted octanol–water partition coefficient (Wildman–Crippen LogP) is 2.43. The Hall–Kier alpha value is -3.51. The summed E-state index contributed by atoms with van der Waals surface area (Å²) < 4.78 is 40.8. The highest BCUT2D eigenvalue weighted by Crippen LogP contribution is 2.40. The van der Waals surface area contributed by atoms with Crippen molar-refractivity contribution in [1.29, 1.82) is 0 Å². The van der Waals surface area contributed by atoms with E-state index >= 15 is 0 Å². The number of nitrogens with zero attached hydrogens (tertiary/aromatic N) is 4. The van der Waals surface area contributed by atoms with Gasteiger partial charge in [-0.25, -0.2) is 8.42 Å². The summed E-state index contributed by atoms with van der Waals surface area (Å²) in [5.41, 5.74) is 3.38. The monoisotopic (exact) mass is 564 g/mol. The molecule has 210 valence electrons. The second-order valence-corrected chi connectivity index (χ2v) is 12.0. The first-order valence-electron chi connectivity index (χ1n) is 13.6. The van der Waals surface area contributed by atoms with Gasteiger partial charge in [0.1, 0.15) is 6.54 Å². The number of anilines is 1. The molecule has 3 aliphatic heterocycles. The van der Waals surface area contributed by atoms with Crippen LogP contribution in [-0.4, -0.2) is 93.2 Å². The van der Waals surface area contributed by atoms with Crippen molar-refractivity contribution in [1.82, 2.24) is 13.8 Å². The fourth-order valence-corrected chi connectivity index (χ4v) is 7.06. The smallest absolute Gasteiger partial charge is 0.258 e. The number of hydrogen-bond donors (Lipinski definition) is 0. The number of benzene rings is 2. The van der Waals surface area contributed by atoms with Crippen LogP contribution in [-0.2, 0) is 35.6 Å². The molecule has 3 aromatic rings. The van der Waals surface area contributed by atoms with E-state index in [-0.39, 0.29) is 23.3 Å². The Morgan fingerprint density at radius 1 is 0.975 bits per heavy atom. The van der Waals surface area contributed by atoms with Crippen LogP contribution in [0.4, 0.5) is 5.69 Å². The minimum atomic E-state index is -3.74. The van der Waals surface area contributed by atoms with Crippen LogP contribution in [0.2, 0.25) is 0 Å². The Morgan fingerprint density at radius 3 is 2.40 bits per heavy atom. The zero-order valence-corrected chi connectivity index (χ0v) is 23.2. The van der Waals surface area contributed by atoms with Crippen LogP contribution in [0.3, 0.4) is 0 Å². The first-order chi connectivity index (χ1) is 19.4. The summed E-state index contributed by atoms with van der Waals surface area (Å²) in [6.07, 6.45) is 3.71. The Labute approximate surface area is 233 Å². The molecule has 2 saturated heterocycles. The molecule has 2 fully saturated rings. The number of hydrogen-bond acceptors (Lipinski definition) is 6. The van der Waals surface area contributed by atoms with E-state index in [0.29, 0.717) is 76.0 Å². The van der Waals surface area contributed by atoms with Gasteiger partial charge in [0, 0.05) is 66.5 Å². The van der Waals surface area contributed by atoms with Crippen LogP contribution in [0.1, 0.15) is 18.1 Å². The van der Waals surface area contributed by atoms with E-state index in [1.807, 2.05) is 52.9 Å². The Balaban J connectivity index is 1.40. The standard InChI is InChI=1S/C29H32N4O6S/c1-2-33-27-8-7-22(40(36,37)32-11-15-39-16-12-32)18-24(27)25(29(33)35)17-21-19-31(26-6-4-3-5-23(21)26)20-28(34)30-9-13-38-14-10-30/h3-8,17-19H,2,9-16,20H2,1H3/b25-17-. The second kappa shape index (κ2) is 10.8. The second-order valence-electron chi connectivity index (χ2n) is 10.0. The number of fused-ring (bicyclic) bond motifs is 2. The number of carbonyl (C=O) groups excluding carboxylic acids is 2. The number of sulfonamides is 1. The maximum absolute atomic E-state index is 13.6. The van der Waals surface area contributed by atoms with Crippen LogP contribution < -0.4 is 4.90 Å². The van der Waals surface area contributed by atoms with Crippen molar-refractivity contribution in [2.75, 3.05) is 64.1 Å². The molecular formula is C29H32N4O6S. The van der Waals surface area contributed by atoms with Gasteiger partial charge < -0.3 is 23.8 Å². The van der Waals surface area contributed by atoms with Crippen LogP contribution >= 0.6 is 0 Å². The molecule has 2 amide bonds. The van der Waals surface area contributed by atoms with Crippen molar-refractivity contribution >= 4 is 50.1 Å². The van der Waals surface area contributed by atoms with Gasteiger partial charge >= 0.3 is 0 Å². The maximum atomic E-state index is 13.6. The van der Waals surface area contributed by atoms with Gasteiger partial charge in [-0.1, -0.05) is 18.2 Å². The van der Waals surface area contributed by atoms with Crippen LogP contribution in [0, 0.1) is 0 Å². The molecule has 2 aromatic carbocycles. The van der Waals surface area contributed by atoms with E-state index in [1.165, 1.54) is 4.31 Å². The molecule has 10 nitrogen and oxygen atoms in total. The number of aromatic nitrogens is 1. The van der Waals surface area contributed by atoms with Crippen LogP contribution in [0.15, 0.2) is 53.6 Å². The lowest BCUT2D eigenvalue weighted by molar-refractivity contribution is -0.135. The zero-order valence-electron chi connectivity index (χ0n) is 22.4. The molecule has 1 aromatic heterocycles. The fraction of sp³-hybridized carbons (Fsp3) is 0.379. The largest absolute Gasteiger partial charge is 0.379 e. The summed E-state index contributed by atoms with van der Waals surface area (Å²) in [6.45, 7) is 6.05. The van der Waals surface area contributed by atoms with E-state index in [0.717, 1.165) is 16.5 Å². The third kappa shape index (κ3) is 4.72. The van der Waals surface area contributed by atoms with E-state index in [1.54, 1.807) is 23.1 Å². The highest BCUT2D eigenvalue weighted by molar-refractivity contribution is 7.89. The molecular weight excluding hydrogens is 532 g/mol. The molecule has 4 heterocycles. The summed E-state index contributed by atoms with van der Waals surface area (Å²) in [5, 5.41) is 0.908. The lowest BCUT2D eigenvalue weighted by Crippen LogP contribution is -2.42. The van der Waals surface area contributed by atoms with Crippen molar-refractivity contribution in [3.05, 3.63) is 59.8 Å². The number of likely N-dealkylation sites (N-methyl/N-ethyl adjacent to an activating group) is 1. The third-order valence-corrected chi connectivity index (χ3v) is 9.63. The molecule has 40 heavy (non-hydrogen) atoms. The van der Waals surface area contributed by atoms with Gasteiger partial charge in [-0.05, 0) is 37.3 Å². The minimum absolute atomic E-state index is 0.0145. The third-order valence-electron chi connectivity index (χ3n) is 7.74. The highest BCUT2D eigenvalue weighted by Gasteiger charge is 2.34. The fourth-order valence-electron chi connectivity index (χ4n) is 5.62. The molecule has 0 atom stereocenters. The summed E-state index contributed by atoms with van der Waals surface area (Å²) >= 11 is 0. The number of morpholine rings is 2. The number of para-hydroxylation sites is 1. The van der Waals surface area contributed by atoms with Crippen molar-refractivity contribution in [3.8, 4) is 0 Å². The van der Waals surface area contributed by atoms with Gasteiger partial charge in [-0.3, -0.25) is 9.59 Å². The Kier molecular flexibility index (Phi) is 7.22. The van der Waals surface area contributed by atoms with Gasteiger partial charge in [0.15, 0.2) is 0 Å². The van der Waals surface area contributed by atoms with Gasteiger partial charge in [-0.2, -0.15) is 4.31 Å². The average molecular weight is 565 g/mol. The molecule has 3 aliphatic rings. The summed E-state index contributed by atoms with van der Waals surface area (Å²) in [4.78, 5) is 30.2. The van der Waals surface area contributed by atoms with Gasteiger partial charge in [0.25, 0.3) is 5.91 Å². The van der Waals surface area contributed by atoms with Crippen LogP contribution in [0.25, 0.3) is 22.6 Å². The SMILES string of the molecule is CCN1C(=O)/C(=C\c2cn(CC(=O)N3CCOCC3)c3ccccc23)c2cc(S(=O)(=O)N3CCOCC3)ccc21. The van der Waals surface area contributed by atoms with Gasteiger partial charge in [-0.15, -0.1) is 0 Å². The van der Waals surface area contributed by atoms with E-state index in [4.69, 9.17) is 9.47 Å². The molecule has 11 heteroatoms. The lowest BCUT2D eigenvalue weighted by atomic mass is 10.0. The summed E-state index contributed by atoms with van der Waals surface area (Å²) in [5.74, 6) is -0.166. The quantitative estimate of drug-likeness (QED) is 0.427. The van der Waals surface area contributed by atoms with Gasteiger partial charge in [0.05, 0.1) is 37.0 Å². The molecule has 0 radical (unpaired) electrons. The first-order valence-corrected chi connectivity index (χ1v) is 15.0. The van der Waals surface area contributed by atoms with E-state index < -0.39 is 10.0 Å². The average Bonchev–Trinajstić information content (AvgIpc) is 3.47. The normalized spacial score (nSPS) is 19.5. The molecule has 0 saturated carbocycles. The number of ether oxygens (including phenoxy) is 2. The molecule has 6 rings (SSSR count). The highest BCUT2D eigenvalue weighted by atomic mass is 32.2. The molecule has 0 N–H and O–H groups in total. The Morgan fingerprint density at radius 2 is 1.68 bits per heavy atom. The molecule has 0 unspecified atom stereocenters. The topological polar surface area (TPSA) is 101 Å². The number of carbonyl (C=O) groups is 2. The molecule has 0 spiro atoms. The lowest BCUT2D eigenvalue weighted by Gasteiger charge is -2.27. The first kappa shape index (κ1) is 26.7. The minimum Gasteiger partial charge on any atom is -0.379 e. The van der Waals surface area contributed by atoms with E-state index in [9.17, 15) is 18.0 Å².